The van der Waals surface area contributed by atoms with Gasteiger partial charge in [0.05, 0.1) is 18.3 Å². The molecule has 0 aliphatic heterocycles. The Morgan fingerprint density at radius 2 is 1.87 bits per heavy atom. The first-order chi connectivity index (χ1) is 14.3. The first-order valence-corrected chi connectivity index (χ1v) is 12.1. The normalized spacial score (nSPS) is 42.1. The minimum absolute atomic E-state index is 0.250. The molecule has 0 bridgehead atoms. The van der Waals surface area contributed by atoms with Crippen LogP contribution in [0.1, 0.15) is 71.6 Å². The van der Waals surface area contributed by atoms with Crippen LogP contribution in [0.15, 0.2) is 47.6 Å². The standard InChI is InChI=1S/C27H40O3/c1-17(6-13-25(29)20-8-9-20)23-11-12-24-19(5-4-14-27(23,24)3)7-10-21-15-22(28)16-26(30)18(21)2/h6-7,10,13,17,20,22-26,28-30H,2,4-5,8-9,11-12,14-16H2,1,3H3/b13-6+,19-7+,21-10-/t17-,22-,23-,24-,25?,26-,27-/m1/s1. The van der Waals surface area contributed by atoms with Crippen LogP contribution in [0.25, 0.3) is 0 Å². The molecule has 4 aliphatic carbocycles. The minimum Gasteiger partial charge on any atom is -0.393 e. The van der Waals surface area contributed by atoms with Crippen molar-refractivity contribution in [3.05, 3.63) is 47.6 Å². The van der Waals surface area contributed by atoms with Crippen molar-refractivity contribution in [2.24, 2.45) is 29.1 Å². The van der Waals surface area contributed by atoms with E-state index in [1.165, 1.54) is 44.1 Å². The maximum Gasteiger partial charge on any atom is 0.0811 e. The Hall–Kier alpha value is -1.16. The molecule has 3 nitrogen and oxygen atoms in total. The van der Waals surface area contributed by atoms with Gasteiger partial charge in [0.25, 0.3) is 0 Å². The summed E-state index contributed by atoms with van der Waals surface area (Å²) in [4.78, 5) is 0. The second-order valence-electron chi connectivity index (χ2n) is 10.7. The fourth-order valence-electron chi connectivity index (χ4n) is 6.63. The Bertz CT molecular complexity index is 743. The molecule has 166 valence electrons. The molecule has 4 saturated carbocycles. The lowest BCUT2D eigenvalue weighted by atomic mass is 9.61. The molecule has 0 aromatic heterocycles. The van der Waals surface area contributed by atoms with E-state index in [2.05, 4.69) is 44.7 Å². The molecule has 0 heterocycles. The molecule has 3 heteroatoms. The van der Waals surface area contributed by atoms with Gasteiger partial charge in [0.15, 0.2) is 0 Å². The highest BCUT2D eigenvalue weighted by Gasteiger charge is 2.50. The zero-order chi connectivity index (χ0) is 21.5. The third-order valence-electron chi connectivity index (χ3n) is 8.65. The molecule has 7 atom stereocenters. The van der Waals surface area contributed by atoms with Gasteiger partial charge < -0.3 is 15.3 Å². The summed E-state index contributed by atoms with van der Waals surface area (Å²) in [5.74, 6) is 2.28. The fourth-order valence-corrected chi connectivity index (χ4v) is 6.63. The van der Waals surface area contributed by atoms with Gasteiger partial charge in [-0.05, 0) is 91.6 Å². The van der Waals surface area contributed by atoms with Gasteiger partial charge >= 0.3 is 0 Å². The monoisotopic (exact) mass is 412 g/mol. The summed E-state index contributed by atoms with van der Waals surface area (Å²) in [6.45, 7) is 8.88. The van der Waals surface area contributed by atoms with Gasteiger partial charge in [-0.15, -0.1) is 0 Å². The molecule has 0 spiro atoms. The van der Waals surface area contributed by atoms with E-state index in [9.17, 15) is 15.3 Å². The van der Waals surface area contributed by atoms with Crippen molar-refractivity contribution in [1.82, 2.24) is 0 Å². The first kappa shape index (κ1) is 22.0. The second kappa shape index (κ2) is 8.76. The summed E-state index contributed by atoms with van der Waals surface area (Å²) >= 11 is 0. The lowest BCUT2D eigenvalue weighted by molar-refractivity contribution is 0.0862. The highest BCUT2D eigenvalue weighted by Crippen LogP contribution is 2.59. The number of hydrogen-bond acceptors (Lipinski definition) is 3. The summed E-state index contributed by atoms with van der Waals surface area (Å²) in [6, 6.07) is 0. The van der Waals surface area contributed by atoms with Crippen LogP contribution < -0.4 is 0 Å². The van der Waals surface area contributed by atoms with Crippen molar-refractivity contribution in [2.75, 3.05) is 0 Å². The molecule has 1 unspecified atom stereocenters. The highest BCUT2D eigenvalue weighted by atomic mass is 16.3. The van der Waals surface area contributed by atoms with E-state index < -0.39 is 12.2 Å². The topological polar surface area (TPSA) is 60.7 Å². The molecule has 0 radical (unpaired) electrons. The van der Waals surface area contributed by atoms with Crippen LogP contribution in [0.3, 0.4) is 0 Å². The third kappa shape index (κ3) is 4.40. The maximum atomic E-state index is 10.2. The lowest BCUT2D eigenvalue weighted by Gasteiger charge is -2.44. The fraction of sp³-hybridized carbons (Fsp3) is 0.704. The van der Waals surface area contributed by atoms with Crippen LogP contribution in [0.4, 0.5) is 0 Å². The molecular weight excluding hydrogens is 372 g/mol. The van der Waals surface area contributed by atoms with E-state index in [1.807, 2.05) is 0 Å². The quantitative estimate of drug-likeness (QED) is 0.551. The van der Waals surface area contributed by atoms with Crippen molar-refractivity contribution >= 4 is 0 Å². The number of aliphatic hydroxyl groups is 3. The maximum absolute atomic E-state index is 10.2. The van der Waals surface area contributed by atoms with E-state index in [4.69, 9.17) is 0 Å². The average molecular weight is 413 g/mol. The van der Waals surface area contributed by atoms with E-state index in [1.54, 1.807) is 0 Å². The van der Waals surface area contributed by atoms with Crippen LogP contribution in [-0.2, 0) is 0 Å². The lowest BCUT2D eigenvalue weighted by Crippen LogP contribution is -2.35. The number of rotatable bonds is 5. The molecule has 3 N–H and O–H groups in total. The van der Waals surface area contributed by atoms with Gasteiger partial charge in [-0.3, -0.25) is 0 Å². The molecule has 4 aliphatic rings. The van der Waals surface area contributed by atoms with Crippen LogP contribution in [0.2, 0.25) is 0 Å². The summed E-state index contributed by atoms with van der Waals surface area (Å²) in [6.07, 6.45) is 16.9. The molecule has 0 saturated heterocycles. The van der Waals surface area contributed by atoms with Crippen molar-refractivity contribution in [3.8, 4) is 0 Å². The number of hydrogen-bond donors (Lipinski definition) is 3. The Balaban J connectivity index is 1.48. The molecule has 30 heavy (non-hydrogen) atoms. The van der Waals surface area contributed by atoms with Gasteiger partial charge in [-0.2, -0.15) is 0 Å². The average Bonchev–Trinajstić information content (AvgIpc) is 3.49. The number of aliphatic hydroxyl groups excluding tert-OH is 3. The SMILES string of the molecule is C=C1/C(=C\C=C2/CCC[C@@]3(C)[C@@H]2CC[C@@H]3[C@H](C)/C=C/C(O)C2CC2)C[C@@H](O)C[C@H]1O. The zero-order valence-electron chi connectivity index (χ0n) is 18.8. The number of allylic oxidation sites excluding steroid dienone is 4. The molecule has 0 aromatic carbocycles. The largest absolute Gasteiger partial charge is 0.393 e. The van der Waals surface area contributed by atoms with Crippen molar-refractivity contribution in [3.63, 3.8) is 0 Å². The summed E-state index contributed by atoms with van der Waals surface area (Å²) in [5.41, 5.74) is 3.63. The van der Waals surface area contributed by atoms with Crippen molar-refractivity contribution < 1.29 is 15.3 Å². The Morgan fingerprint density at radius 1 is 1.10 bits per heavy atom. The Labute approximate surface area is 182 Å². The first-order valence-electron chi connectivity index (χ1n) is 12.1. The highest BCUT2D eigenvalue weighted by molar-refractivity contribution is 5.38. The molecule has 0 aromatic rings. The zero-order valence-corrected chi connectivity index (χ0v) is 18.8. The van der Waals surface area contributed by atoms with Gasteiger partial charge in [-0.25, -0.2) is 0 Å². The molecular formula is C27H40O3. The van der Waals surface area contributed by atoms with Crippen molar-refractivity contribution in [2.45, 2.75) is 89.9 Å². The van der Waals surface area contributed by atoms with E-state index >= 15 is 0 Å². The van der Waals surface area contributed by atoms with E-state index in [-0.39, 0.29) is 6.10 Å². The van der Waals surface area contributed by atoms with Crippen LogP contribution >= 0.6 is 0 Å². The summed E-state index contributed by atoms with van der Waals surface area (Å²) < 4.78 is 0. The van der Waals surface area contributed by atoms with Crippen molar-refractivity contribution in [1.29, 1.82) is 0 Å². The summed E-state index contributed by atoms with van der Waals surface area (Å²) in [5, 5.41) is 30.4. The van der Waals surface area contributed by atoms with Crippen LogP contribution in [0.5, 0.6) is 0 Å². The Kier molecular flexibility index (Phi) is 6.44. The number of fused-ring (bicyclic) bond motifs is 1. The minimum atomic E-state index is -0.621. The molecule has 4 fully saturated rings. The second-order valence-corrected chi connectivity index (χ2v) is 10.7. The van der Waals surface area contributed by atoms with E-state index in [0.29, 0.717) is 41.9 Å². The summed E-state index contributed by atoms with van der Waals surface area (Å²) in [7, 11) is 0. The predicted octanol–water partition coefficient (Wildman–Crippen LogP) is 5.09. The van der Waals surface area contributed by atoms with Gasteiger partial charge in [-0.1, -0.05) is 50.3 Å². The van der Waals surface area contributed by atoms with Gasteiger partial charge in [0.1, 0.15) is 0 Å². The van der Waals surface area contributed by atoms with Crippen LogP contribution in [0, 0.1) is 29.1 Å². The molecule has 4 rings (SSSR count). The van der Waals surface area contributed by atoms with Gasteiger partial charge in [0.2, 0.25) is 0 Å². The third-order valence-corrected chi connectivity index (χ3v) is 8.65. The smallest absolute Gasteiger partial charge is 0.0811 e. The van der Waals surface area contributed by atoms with Gasteiger partial charge in [0, 0.05) is 6.42 Å². The Morgan fingerprint density at radius 3 is 2.60 bits per heavy atom. The van der Waals surface area contributed by atoms with Crippen LogP contribution in [-0.4, -0.2) is 33.6 Å². The van der Waals surface area contributed by atoms with E-state index in [0.717, 1.165) is 17.6 Å². The predicted molar refractivity (Wildman–Crippen MR) is 122 cm³/mol. The molecule has 0 amide bonds.